The molecule has 35 heavy (non-hydrogen) atoms. The zero-order chi connectivity index (χ0) is 25.1. The minimum absolute atomic E-state index is 0.217. The van der Waals surface area contributed by atoms with Crippen LogP contribution >= 0.6 is 11.3 Å². The first-order valence-electron chi connectivity index (χ1n) is 11.8. The second-order valence-corrected chi connectivity index (χ2v) is 9.48. The number of carboxylic acids is 1. The van der Waals surface area contributed by atoms with E-state index in [9.17, 15) is 14.7 Å². The minimum Gasteiger partial charge on any atom is -0.481 e. The van der Waals surface area contributed by atoms with Crippen molar-refractivity contribution in [2.45, 2.75) is 33.6 Å². The predicted octanol–water partition coefficient (Wildman–Crippen LogP) is 2.92. The van der Waals surface area contributed by atoms with Gasteiger partial charge in [-0.2, -0.15) is 0 Å². The summed E-state index contributed by atoms with van der Waals surface area (Å²) >= 11 is 1.45. The molecule has 0 aliphatic carbocycles. The molecule has 0 atom stereocenters. The van der Waals surface area contributed by atoms with Crippen LogP contribution in [0.15, 0.2) is 34.7 Å². The molecule has 1 aliphatic heterocycles. The van der Waals surface area contributed by atoms with E-state index in [0.29, 0.717) is 35.3 Å². The molecular weight excluding hydrogens is 466 g/mol. The smallest absolute Gasteiger partial charge is 0.308 e. The molecule has 0 spiro atoms. The Morgan fingerprint density at radius 1 is 1.34 bits per heavy atom. The molecule has 3 aromatic heterocycles. The summed E-state index contributed by atoms with van der Waals surface area (Å²) < 4.78 is 7.13. The Bertz CT molecular complexity index is 1310. The van der Waals surface area contributed by atoms with Crippen LogP contribution < -0.4 is 15.6 Å². The van der Waals surface area contributed by atoms with Gasteiger partial charge in [-0.3, -0.25) is 14.2 Å². The van der Waals surface area contributed by atoms with Gasteiger partial charge in [0.05, 0.1) is 24.1 Å². The molecule has 1 fully saturated rings. The maximum Gasteiger partial charge on any atom is 0.308 e. The van der Waals surface area contributed by atoms with Crippen molar-refractivity contribution in [2.75, 3.05) is 37.7 Å². The van der Waals surface area contributed by atoms with Crippen LogP contribution in [0.25, 0.3) is 16.2 Å². The Labute approximate surface area is 208 Å². The standard InChI is InChI=1S/C25H31N5O4S/c1-5-19-14-35-25(27-19)30-13-17(10-21(31)32)23(33)22-15(3)9-20(28-24(22)30)29-11-18(12-29)16(4)26-7-8-34-6-2/h9,13-14,18,26H,4-8,10-12H2,1-3H3,(H,31,32). The van der Waals surface area contributed by atoms with Gasteiger partial charge in [-0.05, 0) is 31.9 Å². The molecule has 0 amide bonds. The molecule has 9 nitrogen and oxygen atoms in total. The van der Waals surface area contributed by atoms with Gasteiger partial charge in [-0.1, -0.05) is 13.5 Å². The number of aliphatic carboxylic acids is 1. The fourth-order valence-corrected chi connectivity index (χ4v) is 5.04. The number of carboxylic acid groups (broad SMARTS) is 1. The Balaban J connectivity index is 1.67. The number of aromatic nitrogens is 3. The predicted molar refractivity (Wildman–Crippen MR) is 138 cm³/mol. The van der Waals surface area contributed by atoms with Crippen molar-refractivity contribution in [3.8, 4) is 5.13 Å². The molecule has 4 heterocycles. The van der Waals surface area contributed by atoms with Crippen molar-refractivity contribution in [1.29, 1.82) is 0 Å². The average Bonchev–Trinajstić information content (AvgIpc) is 3.26. The van der Waals surface area contributed by atoms with Crippen LogP contribution in [-0.2, 0) is 22.4 Å². The third-order valence-electron chi connectivity index (χ3n) is 6.17. The molecule has 0 aromatic carbocycles. The maximum absolute atomic E-state index is 13.2. The van der Waals surface area contributed by atoms with Gasteiger partial charge >= 0.3 is 5.97 Å². The summed E-state index contributed by atoms with van der Waals surface area (Å²) in [6.45, 7) is 13.7. The highest BCUT2D eigenvalue weighted by Gasteiger charge is 2.31. The van der Waals surface area contributed by atoms with E-state index in [2.05, 4.69) is 21.8 Å². The summed E-state index contributed by atoms with van der Waals surface area (Å²) in [4.78, 5) is 36.3. The van der Waals surface area contributed by atoms with Gasteiger partial charge in [-0.15, -0.1) is 11.3 Å². The van der Waals surface area contributed by atoms with Crippen molar-refractivity contribution in [3.63, 3.8) is 0 Å². The molecule has 2 N–H and O–H groups in total. The van der Waals surface area contributed by atoms with E-state index < -0.39 is 5.97 Å². The Morgan fingerprint density at radius 3 is 2.77 bits per heavy atom. The molecule has 0 bridgehead atoms. The molecule has 0 unspecified atom stereocenters. The van der Waals surface area contributed by atoms with E-state index >= 15 is 0 Å². The van der Waals surface area contributed by atoms with Crippen LogP contribution in [0.5, 0.6) is 0 Å². The Morgan fingerprint density at radius 2 is 2.11 bits per heavy atom. The van der Waals surface area contributed by atoms with E-state index in [4.69, 9.17) is 9.72 Å². The molecule has 0 saturated carbocycles. The Kier molecular flexibility index (Phi) is 7.51. The first kappa shape index (κ1) is 24.9. The SMILES string of the molecule is C=C(NCCOCC)C1CN(c2cc(C)c3c(=O)c(CC(=O)O)cn(-c4nc(CC)cs4)c3n2)C1. The van der Waals surface area contributed by atoms with E-state index in [1.165, 1.54) is 11.3 Å². The van der Waals surface area contributed by atoms with Gasteiger partial charge in [0.15, 0.2) is 16.2 Å². The maximum atomic E-state index is 13.2. The fourth-order valence-electron chi connectivity index (χ4n) is 4.15. The molecule has 1 aliphatic rings. The first-order valence-corrected chi connectivity index (χ1v) is 12.7. The number of anilines is 1. The van der Waals surface area contributed by atoms with Gasteiger partial charge in [0.1, 0.15) is 5.82 Å². The van der Waals surface area contributed by atoms with Crippen molar-refractivity contribution >= 4 is 34.2 Å². The largest absolute Gasteiger partial charge is 0.481 e. The lowest BCUT2D eigenvalue weighted by atomic mass is 9.96. The van der Waals surface area contributed by atoms with Crippen molar-refractivity contribution in [2.24, 2.45) is 5.92 Å². The van der Waals surface area contributed by atoms with Gasteiger partial charge < -0.3 is 20.1 Å². The number of carbonyl (C=O) groups is 1. The second-order valence-electron chi connectivity index (χ2n) is 8.65. The Hall–Kier alpha value is -3.24. The highest BCUT2D eigenvalue weighted by Crippen LogP contribution is 2.30. The molecule has 3 aromatic rings. The van der Waals surface area contributed by atoms with E-state index in [1.807, 2.05) is 32.2 Å². The van der Waals surface area contributed by atoms with Crippen molar-refractivity contribution in [1.82, 2.24) is 19.9 Å². The third-order valence-corrected chi connectivity index (χ3v) is 7.06. The number of nitrogens with zero attached hydrogens (tertiary/aromatic N) is 4. The van der Waals surface area contributed by atoms with Gasteiger partial charge in [0.2, 0.25) is 0 Å². The average molecular weight is 498 g/mol. The van der Waals surface area contributed by atoms with E-state index in [1.54, 1.807) is 10.8 Å². The lowest BCUT2D eigenvalue weighted by Crippen LogP contribution is -2.50. The number of rotatable bonds is 11. The van der Waals surface area contributed by atoms with Gasteiger partial charge in [0.25, 0.3) is 0 Å². The van der Waals surface area contributed by atoms with Crippen molar-refractivity contribution < 1.29 is 14.6 Å². The highest BCUT2D eigenvalue weighted by molar-refractivity contribution is 7.12. The van der Waals surface area contributed by atoms with Crippen LogP contribution in [0.3, 0.4) is 0 Å². The van der Waals surface area contributed by atoms with E-state index in [0.717, 1.165) is 48.8 Å². The zero-order valence-corrected chi connectivity index (χ0v) is 21.2. The number of hydrogen-bond acceptors (Lipinski definition) is 8. The molecule has 4 rings (SSSR count). The van der Waals surface area contributed by atoms with Crippen LogP contribution in [-0.4, -0.2) is 58.5 Å². The number of nitrogens with one attached hydrogen (secondary N) is 1. The lowest BCUT2D eigenvalue weighted by Gasteiger charge is -2.41. The van der Waals surface area contributed by atoms with Crippen LogP contribution in [0.4, 0.5) is 5.82 Å². The molecule has 0 radical (unpaired) electrons. The second kappa shape index (κ2) is 10.6. The lowest BCUT2D eigenvalue weighted by molar-refractivity contribution is -0.136. The molecule has 1 saturated heterocycles. The molecule has 10 heteroatoms. The van der Waals surface area contributed by atoms with Crippen LogP contribution in [0.1, 0.15) is 30.7 Å². The normalized spacial score (nSPS) is 13.7. The highest BCUT2D eigenvalue weighted by atomic mass is 32.1. The number of hydrogen-bond donors (Lipinski definition) is 2. The summed E-state index contributed by atoms with van der Waals surface area (Å²) in [5.41, 5.74) is 3.10. The van der Waals surface area contributed by atoms with E-state index in [-0.39, 0.29) is 17.4 Å². The number of aryl methyl sites for hydroxylation is 2. The van der Waals surface area contributed by atoms with Crippen LogP contribution in [0.2, 0.25) is 0 Å². The topological polar surface area (TPSA) is 110 Å². The van der Waals surface area contributed by atoms with Gasteiger partial charge in [-0.25, -0.2) is 9.97 Å². The monoisotopic (exact) mass is 497 g/mol. The van der Waals surface area contributed by atoms with Gasteiger partial charge in [0, 0.05) is 55.0 Å². The quantitative estimate of drug-likeness (QED) is 0.389. The first-order chi connectivity index (χ1) is 16.8. The zero-order valence-electron chi connectivity index (χ0n) is 20.3. The number of fused-ring (bicyclic) bond motifs is 1. The van der Waals surface area contributed by atoms with Crippen molar-refractivity contribution in [3.05, 3.63) is 57.0 Å². The minimum atomic E-state index is -1.05. The number of thiazole rings is 1. The third kappa shape index (κ3) is 5.23. The summed E-state index contributed by atoms with van der Waals surface area (Å²) in [7, 11) is 0. The van der Waals surface area contributed by atoms with Crippen LogP contribution in [0, 0.1) is 12.8 Å². The summed E-state index contributed by atoms with van der Waals surface area (Å²) in [5.74, 6) is 0.0331. The summed E-state index contributed by atoms with van der Waals surface area (Å²) in [5, 5.41) is 15.7. The summed E-state index contributed by atoms with van der Waals surface area (Å²) in [6.07, 6.45) is 2.01. The number of pyridine rings is 2. The summed E-state index contributed by atoms with van der Waals surface area (Å²) in [6, 6.07) is 1.90. The molecular formula is C25H31N5O4S. The molecule has 186 valence electrons. The number of ether oxygens (including phenoxy) is 1. The fraction of sp³-hybridized carbons (Fsp3) is 0.440.